The highest BCUT2D eigenvalue weighted by molar-refractivity contribution is 14.0. The Labute approximate surface area is 163 Å². The molecule has 0 spiro atoms. The first-order valence-corrected chi connectivity index (χ1v) is 8.37. The largest absolute Gasteiger partial charge is 0.496 e. The summed E-state index contributed by atoms with van der Waals surface area (Å²) in [7, 11) is 3.51. The smallest absolute Gasteiger partial charge is 0.190 e. The van der Waals surface area contributed by atoms with Crippen LogP contribution in [0.3, 0.4) is 0 Å². The molecule has 24 heavy (non-hydrogen) atoms. The average molecular weight is 449 g/mol. The van der Waals surface area contributed by atoms with Gasteiger partial charge in [0.2, 0.25) is 0 Å². The molecule has 0 bridgehead atoms. The number of hydrogen-bond donors (Lipinski definition) is 2. The van der Waals surface area contributed by atoms with E-state index in [1.807, 2.05) is 13.0 Å². The minimum Gasteiger partial charge on any atom is -0.496 e. The van der Waals surface area contributed by atoms with E-state index in [4.69, 9.17) is 9.47 Å². The normalized spacial score (nSPS) is 10.9. The van der Waals surface area contributed by atoms with Gasteiger partial charge >= 0.3 is 0 Å². The number of benzene rings is 1. The van der Waals surface area contributed by atoms with E-state index < -0.39 is 0 Å². The fourth-order valence-corrected chi connectivity index (χ4v) is 2.32. The molecule has 0 aliphatic rings. The van der Waals surface area contributed by atoms with Crippen LogP contribution >= 0.6 is 24.0 Å². The fourth-order valence-electron chi connectivity index (χ4n) is 2.32. The Bertz CT molecular complexity index is 481. The zero-order valence-electron chi connectivity index (χ0n) is 15.4. The lowest BCUT2D eigenvalue weighted by atomic mass is 10.1. The van der Waals surface area contributed by atoms with E-state index in [0.29, 0.717) is 0 Å². The summed E-state index contributed by atoms with van der Waals surface area (Å²) in [6.45, 7) is 7.46. The van der Waals surface area contributed by atoms with Gasteiger partial charge in [-0.3, -0.25) is 4.99 Å². The second-order valence-corrected chi connectivity index (χ2v) is 5.40. The lowest BCUT2D eigenvalue weighted by Gasteiger charge is -2.13. The number of aliphatic imine (C=N–C) groups is 1. The quantitative estimate of drug-likeness (QED) is 0.250. The summed E-state index contributed by atoms with van der Waals surface area (Å²) in [5, 5.41) is 6.67. The lowest BCUT2D eigenvalue weighted by molar-refractivity contribution is 0.143. The zero-order valence-corrected chi connectivity index (χ0v) is 17.7. The van der Waals surface area contributed by atoms with Crippen LogP contribution in [0.4, 0.5) is 0 Å². The maximum Gasteiger partial charge on any atom is 0.190 e. The molecule has 0 radical (unpaired) electrons. The summed E-state index contributed by atoms with van der Waals surface area (Å²) < 4.78 is 10.7. The van der Waals surface area contributed by atoms with E-state index in [0.717, 1.165) is 57.3 Å². The van der Waals surface area contributed by atoms with E-state index in [2.05, 4.69) is 34.7 Å². The third kappa shape index (κ3) is 9.32. The predicted molar refractivity (Wildman–Crippen MR) is 112 cm³/mol. The maximum atomic E-state index is 5.41. The number of hydrogen-bond acceptors (Lipinski definition) is 3. The summed E-state index contributed by atoms with van der Waals surface area (Å²) in [5.41, 5.74) is 2.46. The van der Waals surface area contributed by atoms with Gasteiger partial charge in [-0.2, -0.15) is 0 Å². The molecule has 1 rings (SSSR count). The SMILES string of the molecule is CCOCCCCNC(=NC)NCCc1cc(C)ccc1OC.I. The van der Waals surface area contributed by atoms with Crippen molar-refractivity contribution >= 4 is 29.9 Å². The van der Waals surface area contributed by atoms with Crippen LogP contribution < -0.4 is 15.4 Å². The van der Waals surface area contributed by atoms with E-state index in [1.165, 1.54) is 11.1 Å². The predicted octanol–water partition coefficient (Wildman–Crippen LogP) is 3.15. The van der Waals surface area contributed by atoms with Gasteiger partial charge < -0.3 is 20.1 Å². The number of nitrogens with one attached hydrogen (secondary N) is 2. The van der Waals surface area contributed by atoms with Gasteiger partial charge in [0.1, 0.15) is 5.75 Å². The van der Waals surface area contributed by atoms with Crippen LogP contribution in [0.2, 0.25) is 0 Å². The van der Waals surface area contributed by atoms with E-state index in [9.17, 15) is 0 Å². The maximum absolute atomic E-state index is 5.41. The molecule has 6 heteroatoms. The van der Waals surface area contributed by atoms with Gasteiger partial charge in [0.25, 0.3) is 0 Å². The summed E-state index contributed by atoms with van der Waals surface area (Å²) in [6.07, 6.45) is 3.04. The van der Waals surface area contributed by atoms with Crippen molar-refractivity contribution in [3.8, 4) is 5.75 Å². The number of aryl methyl sites for hydroxylation is 1. The summed E-state index contributed by atoms with van der Waals surface area (Å²) >= 11 is 0. The molecule has 138 valence electrons. The molecular formula is C18H32IN3O2. The fraction of sp³-hybridized carbons (Fsp3) is 0.611. The average Bonchev–Trinajstić information content (AvgIpc) is 2.56. The van der Waals surface area contributed by atoms with Crippen LogP contribution in [-0.4, -0.2) is 46.4 Å². The van der Waals surface area contributed by atoms with Crippen LogP contribution in [0.5, 0.6) is 5.75 Å². The van der Waals surface area contributed by atoms with Crippen LogP contribution in [0.1, 0.15) is 30.9 Å². The Morgan fingerprint density at radius 1 is 1.17 bits per heavy atom. The molecule has 2 N–H and O–H groups in total. The van der Waals surface area contributed by atoms with Crippen LogP contribution in [-0.2, 0) is 11.2 Å². The monoisotopic (exact) mass is 449 g/mol. The molecule has 0 heterocycles. The van der Waals surface area contributed by atoms with Crippen molar-refractivity contribution in [3.05, 3.63) is 29.3 Å². The standard InChI is InChI=1S/C18H31N3O2.HI/c1-5-23-13-7-6-11-20-18(19-3)21-12-10-16-14-15(2)8-9-17(16)22-4;/h8-9,14H,5-7,10-13H2,1-4H3,(H2,19,20,21);1H. The summed E-state index contributed by atoms with van der Waals surface area (Å²) in [6, 6.07) is 6.26. The molecule has 0 atom stereocenters. The Kier molecular flexibility index (Phi) is 13.7. The highest BCUT2D eigenvalue weighted by Crippen LogP contribution is 2.19. The Balaban J connectivity index is 0.00000529. The van der Waals surface area contributed by atoms with E-state index in [-0.39, 0.29) is 24.0 Å². The Morgan fingerprint density at radius 2 is 1.92 bits per heavy atom. The minimum absolute atomic E-state index is 0. The van der Waals surface area contributed by atoms with Gasteiger partial charge in [0, 0.05) is 33.4 Å². The Morgan fingerprint density at radius 3 is 2.58 bits per heavy atom. The number of halogens is 1. The van der Waals surface area contributed by atoms with Gasteiger partial charge in [-0.1, -0.05) is 17.7 Å². The molecule has 1 aromatic carbocycles. The number of unbranched alkanes of at least 4 members (excludes halogenated alkanes) is 1. The first kappa shape index (κ1) is 23.0. The highest BCUT2D eigenvalue weighted by Gasteiger charge is 2.04. The minimum atomic E-state index is 0. The molecule has 0 aliphatic heterocycles. The molecule has 0 amide bonds. The molecule has 5 nitrogen and oxygen atoms in total. The van der Waals surface area contributed by atoms with Crippen molar-refractivity contribution < 1.29 is 9.47 Å². The summed E-state index contributed by atoms with van der Waals surface area (Å²) in [5.74, 6) is 1.78. The van der Waals surface area contributed by atoms with Gasteiger partial charge in [-0.15, -0.1) is 24.0 Å². The number of rotatable bonds is 10. The van der Waals surface area contributed by atoms with E-state index >= 15 is 0 Å². The third-order valence-electron chi connectivity index (χ3n) is 3.56. The number of ether oxygens (including phenoxy) is 2. The second kappa shape index (κ2) is 14.3. The zero-order chi connectivity index (χ0) is 16.9. The molecular weight excluding hydrogens is 417 g/mol. The molecule has 0 fully saturated rings. The molecule has 0 saturated heterocycles. The molecule has 0 aromatic heterocycles. The van der Waals surface area contributed by atoms with Gasteiger partial charge in [0.05, 0.1) is 7.11 Å². The van der Waals surface area contributed by atoms with Crippen molar-refractivity contribution in [2.75, 3.05) is 40.5 Å². The first-order chi connectivity index (χ1) is 11.2. The van der Waals surface area contributed by atoms with Crippen LogP contribution in [0.25, 0.3) is 0 Å². The van der Waals surface area contributed by atoms with Crippen molar-refractivity contribution in [1.82, 2.24) is 10.6 Å². The number of guanidine groups is 1. The van der Waals surface area contributed by atoms with Crippen LogP contribution in [0.15, 0.2) is 23.2 Å². The second-order valence-electron chi connectivity index (χ2n) is 5.40. The Hall–Kier alpha value is -1.02. The number of nitrogens with zero attached hydrogens (tertiary/aromatic N) is 1. The lowest BCUT2D eigenvalue weighted by Crippen LogP contribution is -2.38. The third-order valence-corrected chi connectivity index (χ3v) is 3.56. The van der Waals surface area contributed by atoms with Crippen molar-refractivity contribution in [1.29, 1.82) is 0 Å². The molecule has 0 aliphatic carbocycles. The topological polar surface area (TPSA) is 54.9 Å². The van der Waals surface area contributed by atoms with Crippen molar-refractivity contribution in [3.63, 3.8) is 0 Å². The molecule has 1 aromatic rings. The van der Waals surface area contributed by atoms with Crippen molar-refractivity contribution in [2.45, 2.75) is 33.1 Å². The van der Waals surface area contributed by atoms with Crippen LogP contribution in [0, 0.1) is 6.92 Å². The van der Waals surface area contributed by atoms with Crippen molar-refractivity contribution in [2.24, 2.45) is 4.99 Å². The highest BCUT2D eigenvalue weighted by atomic mass is 127. The number of methoxy groups -OCH3 is 1. The molecule has 0 unspecified atom stereocenters. The van der Waals surface area contributed by atoms with Gasteiger partial charge in [-0.25, -0.2) is 0 Å². The molecule has 0 saturated carbocycles. The summed E-state index contributed by atoms with van der Waals surface area (Å²) in [4.78, 5) is 4.25. The first-order valence-electron chi connectivity index (χ1n) is 8.37. The van der Waals surface area contributed by atoms with Gasteiger partial charge in [0.15, 0.2) is 5.96 Å². The van der Waals surface area contributed by atoms with Gasteiger partial charge in [-0.05, 0) is 44.7 Å². The van der Waals surface area contributed by atoms with E-state index in [1.54, 1.807) is 14.2 Å².